The number of hydrogen-bond donors (Lipinski definition) is 2. The van der Waals surface area contributed by atoms with Gasteiger partial charge in [0.15, 0.2) is 0 Å². The number of aromatic nitrogens is 1. The van der Waals surface area contributed by atoms with E-state index >= 15 is 0 Å². The minimum absolute atomic E-state index is 0.313. The number of pyridine rings is 1. The Morgan fingerprint density at radius 1 is 1.60 bits per heavy atom. The molecule has 0 aliphatic rings. The zero-order chi connectivity index (χ0) is 11.5. The molecule has 3 nitrogen and oxygen atoms in total. The first kappa shape index (κ1) is 12.6. The second-order valence-electron chi connectivity index (χ2n) is 2.90. The molecule has 3 N–H and O–H groups in total. The van der Waals surface area contributed by atoms with Crippen LogP contribution in [0.2, 0.25) is 5.02 Å². The van der Waals surface area contributed by atoms with Gasteiger partial charge >= 0.3 is 0 Å². The van der Waals surface area contributed by atoms with Crippen LogP contribution in [0.4, 0.5) is 14.6 Å². The van der Waals surface area contributed by atoms with Crippen LogP contribution in [0.5, 0.6) is 0 Å². The normalized spacial score (nSPS) is 11.5. The molecule has 1 aromatic rings. The highest BCUT2D eigenvalue weighted by Crippen LogP contribution is 2.24. The fraction of sp³-hybridized carbons (Fsp3) is 0.375. The van der Waals surface area contributed by atoms with Crippen molar-refractivity contribution in [2.24, 2.45) is 5.73 Å². The van der Waals surface area contributed by atoms with E-state index < -0.39 is 19.0 Å². The highest BCUT2D eigenvalue weighted by Gasteiger charge is 2.26. The van der Waals surface area contributed by atoms with Crippen LogP contribution >= 0.6 is 27.5 Å². The van der Waals surface area contributed by atoms with Crippen molar-refractivity contribution >= 4 is 33.3 Å². The van der Waals surface area contributed by atoms with Crippen LogP contribution in [0.3, 0.4) is 0 Å². The topological polar surface area (TPSA) is 50.9 Å². The highest BCUT2D eigenvalue weighted by atomic mass is 79.9. The zero-order valence-electron chi connectivity index (χ0n) is 7.61. The average molecular weight is 301 g/mol. The van der Waals surface area contributed by atoms with Gasteiger partial charge in [-0.05, 0) is 22.0 Å². The lowest BCUT2D eigenvalue weighted by atomic mass is 10.3. The molecular formula is C8H9BrClF2N3. The molecule has 0 aromatic carbocycles. The second-order valence-corrected chi connectivity index (χ2v) is 4.19. The van der Waals surface area contributed by atoms with Crippen molar-refractivity contribution in [1.82, 2.24) is 4.98 Å². The number of nitrogens with one attached hydrogen (secondary N) is 1. The summed E-state index contributed by atoms with van der Waals surface area (Å²) in [6.07, 6.45) is 1.37. The maximum absolute atomic E-state index is 12.8. The van der Waals surface area contributed by atoms with Crippen molar-refractivity contribution in [2.45, 2.75) is 5.92 Å². The molecule has 0 spiro atoms. The molecule has 0 unspecified atom stereocenters. The van der Waals surface area contributed by atoms with Gasteiger partial charge in [0.25, 0.3) is 5.92 Å². The Morgan fingerprint density at radius 3 is 2.80 bits per heavy atom. The number of nitrogens with zero attached hydrogens (tertiary/aromatic N) is 1. The molecule has 0 fully saturated rings. The van der Waals surface area contributed by atoms with Crippen LogP contribution < -0.4 is 11.1 Å². The van der Waals surface area contributed by atoms with E-state index in [1.54, 1.807) is 6.07 Å². The van der Waals surface area contributed by atoms with Crippen LogP contribution in [0.25, 0.3) is 0 Å². The highest BCUT2D eigenvalue weighted by molar-refractivity contribution is 9.10. The molecule has 7 heteroatoms. The summed E-state index contributed by atoms with van der Waals surface area (Å²) in [5.41, 5.74) is 4.89. The molecule has 0 saturated carbocycles. The molecule has 0 aliphatic heterocycles. The Hall–Kier alpha value is -0.460. The van der Waals surface area contributed by atoms with Gasteiger partial charge in [-0.25, -0.2) is 13.8 Å². The summed E-state index contributed by atoms with van der Waals surface area (Å²) in [5.74, 6) is -2.63. The molecular weight excluding hydrogens is 291 g/mol. The molecule has 0 aliphatic carbocycles. The van der Waals surface area contributed by atoms with E-state index in [0.29, 0.717) is 15.3 Å². The summed E-state index contributed by atoms with van der Waals surface area (Å²) in [4.78, 5) is 3.85. The summed E-state index contributed by atoms with van der Waals surface area (Å²) in [5, 5.41) is 2.91. The van der Waals surface area contributed by atoms with E-state index in [4.69, 9.17) is 17.3 Å². The first-order valence-corrected chi connectivity index (χ1v) is 5.24. The summed E-state index contributed by atoms with van der Waals surface area (Å²) < 4.78 is 26.1. The Labute approximate surface area is 99.1 Å². The minimum atomic E-state index is -2.94. The molecule has 0 amide bonds. The first-order chi connectivity index (χ1) is 6.94. The van der Waals surface area contributed by atoms with E-state index in [0.717, 1.165) is 0 Å². The molecule has 0 atom stereocenters. The Bertz CT molecular complexity index is 349. The molecule has 84 valence electrons. The Morgan fingerprint density at radius 2 is 2.27 bits per heavy atom. The van der Waals surface area contributed by atoms with E-state index in [1.807, 2.05) is 0 Å². The van der Waals surface area contributed by atoms with Gasteiger partial charge in [-0.3, -0.25) is 0 Å². The third-order valence-electron chi connectivity index (χ3n) is 1.62. The van der Waals surface area contributed by atoms with Crippen molar-refractivity contribution in [3.05, 3.63) is 21.8 Å². The number of alkyl halides is 2. The summed E-state index contributed by atoms with van der Waals surface area (Å²) >= 11 is 8.80. The minimum Gasteiger partial charge on any atom is -0.363 e. The van der Waals surface area contributed by atoms with E-state index in [-0.39, 0.29) is 0 Å². The Balaban J connectivity index is 2.66. The van der Waals surface area contributed by atoms with Gasteiger partial charge in [-0.1, -0.05) is 11.6 Å². The number of anilines is 1. The molecule has 1 heterocycles. The third-order valence-corrected chi connectivity index (χ3v) is 2.43. The van der Waals surface area contributed by atoms with E-state index in [9.17, 15) is 8.78 Å². The summed E-state index contributed by atoms with van der Waals surface area (Å²) in [6.45, 7) is -1.26. The van der Waals surface area contributed by atoms with Crippen molar-refractivity contribution in [2.75, 3.05) is 18.4 Å². The van der Waals surface area contributed by atoms with Gasteiger partial charge in [0.1, 0.15) is 5.82 Å². The molecule has 1 rings (SSSR count). The van der Waals surface area contributed by atoms with Gasteiger partial charge < -0.3 is 11.1 Å². The maximum Gasteiger partial charge on any atom is 0.276 e. The largest absolute Gasteiger partial charge is 0.363 e. The number of halogens is 4. The van der Waals surface area contributed by atoms with Crippen molar-refractivity contribution in [3.63, 3.8) is 0 Å². The molecule has 0 saturated heterocycles. The van der Waals surface area contributed by atoms with Crippen LogP contribution in [0.1, 0.15) is 0 Å². The van der Waals surface area contributed by atoms with Crippen molar-refractivity contribution in [1.29, 1.82) is 0 Å². The third kappa shape index (κ3) is 3.89. The fourth-order valence-electron chi connectivity index (χ4n) is 0.830. The quantitative estimate of drug-likeness (QED) is 0.898. The van der Waals surface area contributed by atoms with Crippen LogP contribution in [0, 0.1) is 0 Å². The summed E-state index contributed by atoms with van der Waals surface area (Å²) in [7, 11) is 0. The molecule has 0 bridgehead atoms. The van der Waals surface area contributed by atoms with Crippen LogP contribution in [-0.2, 0) is 0 Å². The first-order valence-electron chi connectivity index (χ1n) is 4.07. The number of hydrogen-bond acceptors (Lipinski definition) is 3. The molecule has 1 aromatic heterocycles. The predicted molar refractivity (Wildman–Crippen MR) is 59.4 cm³/mol. The lowest BCUT2D eigenvalue weighted by molar-refractivity contribution is 0.0253. The molecule has 15 heavy (non-hydrogen) atoms. The number of rotatable bonds is 4. The predicted octanol–water partition coefficient (Wildman–Crippen LogP) is 2.50. The summed E-state index contributed by atoms with van der Waals surface area (Å²) in [6, 6.07) is 1.57. The average Bonchev–Trinajstić information content (AvgIpc) is 2.16. The number of nitrogens with two attached hydrogens (primary N) is 1. The van der Waals surface area contributed by atoms with Gasteiger partial charge in [-0.15, -0.1) is 0 Å². The lowest BCUT2D eigenvalue weighted by Crippen LogP contribution is -2.35. The van der Waals surface area contributed by atoms with E-state index in [2.05, 4.69) is 26.2 Å². The monoisotopic (exact) mass is 299 g/mol. The zero-order valence-corrected chi connectivity index (χ0v) is 9.95. The van der Waals surface area contributed by atoms with Crippen LogP contribution in [-0.4, -0.2) is 24.0 Å². The van der Waals surface area contributed by atoms with E-state index in [1.165, 1.54) is 6.20 Å². The van der Waals surface area contributed by atoms with Gasteiger partial charge in [0, 0.05) is 6.20 Å². The lowest BCUT2D eigenvalue weighted by Gasteiger charge is -2.15. The van der Waals surface area contributed by atoms with Crippen molar-refractivity contribution < 1.29 is 8.78 Å². The van der Waals surface area contributed by atoms with Gasteiger partial charge in [0.2, 0.25) is 0 Å². The SMILES string of the molecule is NCC(F)(F)CNc1ncc(Cl)cc1Br. The fourth-order valence-corrected chi connectivity index (χ4v) is 1.61. The van der Waals surface area contributed by atoms with Crippen LogP contribution in [0.15, 0.2) is 16.7 Å². The smallest absolute Gasteiger partial charge is 0.276 e. The molecule has 0 radical (unpaired) electrons. The Kier molecular flexibility index (Phi) is 4.24. The standard InChI is InChI=1S/C8H9BrClF2N3/c9-6-1-5(10)2-14-7(6)15-4-8(11,12)3-13/h1-2H,3-4,13H2,(H,14,15). The van der Waals surface area contributed by atoms with Gasteiger partial charge in [-0.2, -0.15) is 0 Å². The second kappa shape index (κ2) is 5.05. The van der Waals surface area contributed by atoms with Crippen molar-refractivity contribution in [3.8, 4) is 0 Å². The van der Waals surface area contributed by atoms with Gasteiger partial charge in [0.05, 0.1) is 22.6 Å². The maximum atomic E-state index is 12.8.